The number of hydrogen-bond acceptors (Lipinski definition) is 3. The molecule has 0 aliphatic carbocycles. The molecule has 1 aliphatic heterocycles. The maximum atomic E-state index is 14.0. The van der Waals surface area contributed by atoms with E-state index in [0.717, 1.165) is 31.0 Å². The van der Waals surface area contributed by atoms with Crippen LogP contribution in [0.5, 0.6) is 0 Å². The molecule has 6 nitrogen and oxygen atoms in total. The minimum atomic E-state index is -1.77. The van der Waals surface area contributed by atoms with E-state index in [-0.39, 0.29) is 11.6 Å². The Morgan fingerprint density at radius 3 is 2.68 bits per heavy atom. The number of rotatable bonds is 6. The van der Waals surface area contributed by atoms with Gasteiger partial charge in [0.15, 0.2) is 0 Å². The Bertz CT molecular complexity index is 710. The van der Waals surface area contributed by atoms with Crippen LogP contribution in [0, 0.1) is 11.6 Å². The Hall–Kier alpha value is -2.51. The quantitative estimate of drug-likeness (QED) is 0.768. The van der Waals surface area contributed by atoms with Gasteiger partial charge >= 0.3 is 6.03 Å². The van der Waals surface area contributed by atoms with Gasteiger partial charge in [0, 0.05) is 11.6 Å². The third-order valence-electron chi connectivity index (χ3n) is 4.17. The van der Waals surface area contributed by atoms with Crippen molar-refractivity contribution in [3.05, 3.63) is 35.4 Å². The zero-order valence-corrected chi connectivity index (χ0v) is 14.4. The van der Waals surface area contributed by atoms with Crippen molar-refractivity contribution in [3.8, 4) is 0 Å². The Morgan fingerprint density at radius 1 is 1.36 bits per heavy atom. The summed E-state index contributed by atoms with van der Waals surface area (Å²) in [5.74, 6) is -2.85. The van der Waals surface area contributed by atoms with Crippen LogP contribution in [0.1, 0.15) is 39.2 Å². The van der Waals surface area contributed by atoms with Crippen molar-refractivity contribution < 1.29 is 23.2 Å². The maximum absolute atomic E-state index is 14.0. The van der Waals surface area contributed by atoms with Gasteiger partial charge in [-0.25, -0.2) is 13.6 Å². The number of urea groups is 1. The molecule has 0 spiro atoms. The second kappa shape index (κ2) is 7.16. The first-order valence-corrected chi connectivity index (χ1v) is 8.08. The highest BCUT2D eigenvalue weighted by Crippen LogP contribution is 2.31. The summed E-state index contributed by atoms with van der Waals surface area (Å²) in [5, 5.41) is 5.04. The third-order valence-corrected chi connectivity index (χ3v) is 4.17. The van der Waals surface area contributed by atoms with Gasteiger partial charge in [0.25, 0.3) is 5.91 Å². The number of carbonyl (C=O) groups is 3. The Labute approximate surface area is 144 Å². The molecule has 2 rings (SSSR count). The largest absolute Gasteiger partial charge is 0.352 e. The van der Waals surface area contributed by atoms with E-state index in [1.54, 1.807) is 0 Å². The lowest BCUT2D eigenvalue weighted by atomic mass is 9.91. The summed E-state index contributed by atoms with van der Waals surface area (Å²) in [6.45, 7) is 4.59. The zero-order valence-electron chi connectivity index (χ0n) is 14.4. The number of benzene rings is 1. The summed E-state index contributed by atoms with van der Waals surface area (Å²) >= 11 is 0. The van der Waals surface area contributed by atoms with E-state index < -0.39 is 41.6 Å². The molecule has 1 aliphatic rings. The summed E-state index contributed by atoms with van der Waals surface area (Å²) in [5.41, 5.74) is -2.05. The summed E-state index contributed by atoms with van der Waals surface area (Å²) in [6.07, 6.45) is 1.64. The van der Waals surface area contributed by atoms with Crippen LogP contribution in [0.15, 0.2) is 18.2 Å². The molecule has 1 fully saturated rings. The van der Waals surface area contributed by atoms with Crippen LogP contribution in [0.25, 0.3) is 0 Å². The number of imide groups is 1. The lowest BCUT2D eigenvalue weighted by Crippen LogP contribution is -2.45. The van der Waals surface area contributed by atoms with Gasteiger partial charge < -0.3 is 10.6 Å². The molecule has 0 radical (unpaired) electrons. The molecular formula is C17H21F2N3O3. The molecule has 0 unspecified atom stereocenters. The Balaban J connectivity index is 2.19. The van der Waals surface area contributed by atoms with Gasteiger partial charge in [0.05, 0.1) is 0 Å². The zero-order chi connectivity index (χ0) is 18.8. The highest BCUT2D eigenvalue weighted by molar-refractivity contribution is 6.09. The van der Waals surface area contributed by atoms with E-state index in [0.29, 0.717) is 4.90 Å². The molecule has 1 saturated heterocycles. The standard InChI is InChI=1S/C17H21F2N3O3/c1-4-5-10(2)20-14(23)9-22-15(24)17(3,21-16(22)25)12-8-11(18)6-7-13(12)19/h6-8,10H,4-5,9H2,1-3H3,(H,20,23)(H,21,25)/t10-,17+/m1/s1. The molecule has 0 saturated carbocycles. The summed E-state index contributed by atoms with van der Waals surface area (Å²) in [6, 6.07) is 1.75. The van der Waals surface area contributed by atoms with Crippen LogP contribution < -0.4 is 10.6 Å². The fourth-order valence-corrected chi connectivity index (χ4v) is 2.87. The molecule has 1 aromatic carbocycles. The molecule has 0 aromatic heterocycles. The minimum Gasteiger partial charge on any atom is -0.352 e. The fraction of sp³-hybridized carbons (Fsp3) is 0.471. The van der Waals surface area contributed by atoms with Gasteiger partial charge in [-0.3, -0.25) is 14.5 Å². The number of hydrogen-bond donors (Lipinski definition) is 2. The number of carbonyl (C=O) groups excluding carboxylic acids is 3. The lowest BCUT2D eigenvalue weighted by molar-refractivity contribution is -0.135. The molecular weight excluding hydrogens is 332 g/mol. The number of halogens is 2. The molecule has 136 valence electrons. The molecule has 1 aromatic rings. The minimum absolute atomic E-state index is 0.0923. The van der Waals surface area contributed by atoms with E-state index in [4.69, 9.17) is 0 Å². The third kappa shape index (κ3) is 3.78. The molecule has 25 heavy (non-hydrogen) atoms. The molecule has 1 heterocycles. The summed E-state index contributed by atoms with van der Waals surface area (Å²) < 4.78 is 27.5. The van der Waals surface area contributed by atoms with Crippen LogP contribution >= 0.6 is 0 Å². The second-order valence-electron chi connectivity index (χ2n) is 6.33. The number of amides is 4. The predicted molar refractivity (Wildman–Crippen MR) is 86.5 cm³/mol. The van der Waals surface area contributed by atoms with Crippen molar-refractivity contribution in [2.45, 2.75) is 45.2 Å². The van der Waals surface area contributed by atoms with Crippen molar-refractivity contribution in [3.63, 3.8) is 0 Å². The molecule has 0 bridgehead atoms. The SMILES string of the molecule is CCC[C@@H](C)NC(=O)CN1C(=O)N[C@@](C)(c2cc(F)ccc2F)C1=O. The Kier molecular flexibility index (Phi) is 5.39. The van der Waals surface area contributed by atoms with Gasteiger partial charge in [-0.05, 0) is 38.5 Å². The normalized spacial score (nSPS) is 21.2. The van der Waals surface area contributed by atoms with Crippen molar-refractivity contribution in [1.29, 1.82) is 0 Å². The lowest BCUT2D eigenvalue weighted by Gasteiger charge is -2.23. The highest BCUT2D eigenvalue weighted by atomic mass is 19.1. The van der Waals surface area contributed by atoms with E-state index in [9.17, 15) is 23.2 Å². The Morgan fingerprint density at radius 2 is 2.04 bits per heavy atom. The van der Waals surface area contributed by atoms with Crippen LogP contribution in [0.3, 0.4) is 0 Å². The average molecular weight is 353 g/mol. The second-order valence-corrected chi connectivity index (χ2v) is 6.33. The van der Waals surface area contributed by atoms with Crippen LogP contribution in [-0.2, 0) is 15.1 Å². The topological polar surface area (TPSA) is 78.5 Å². The maximum Gasteiger partial charge on any atom is 0.325 e. The number of nitrogens with zero attached hydrogens (tertiary/aromatic N) is 1. The van der Waals surface area contributed by atoms with Gasteiger partial charge in [0.1, 0.15) is 23.7 Å². The molecule has 2 atom stereocenters. The monoisotopic (exact) mass is 353 g/mol. The molecule has 8 heteroatoms. The van der Waals surface area contributed by atoms with E-state index in [1.807, 2.05) is 13.8 Å². The van der Waals surface area contributed by atoms with Crippen molar-refractivity contribution in [2.75, 3.05) is 6.54 Å². The van der Waals surface area contributed by atoms with E-state index >= 15 is 0 Å². The van der Waals surface area contributed by atoms with Gasteiger partial charge in [-0.1, -0.05) is 13.3 Å². The van der Waals surface area contributed by atoms with Crippen LogP contribution in [0.4, 0.5) is 13.6 Å². The van der Waals surface area contributed by atoms with Crippen molar-refractivity contribution in [2.24, 2.45) is 0 Å². The average Bonchev–Trinajstić information content (AvgIpc) is 2.74. The van der Waals surface area contributed by atoms with Gasteiger partial charge in [-0.15, -0.1) is 0 Å². The van der Waals surface area contributed by atoms with E-state index in [1.165, 1.54) is 6.92 Å². The molecule has 2 N–H and O–H groups in total. The number of nitrogens with one attached hydrogen (secondary N) is 2. The summed E-state index contributed by atoms with van der Waals surface area (Å²) in [4.78, 5) is 37.5. The predicted octanol–water partition coefficient (Wildman–Crippen LogP) is 2.04. The fourth-order valence-electron chi connectivity index (χ4n) is 2.87. The first kappa shape index (κ1) is 18.8. The first-order chi connectivity index (χ1) is 11.7. The van der Waals surface area contributed by atoms with Crippen molar-refractivity contribution >= 4 is 17.8 Å². The molecule has 4 amide bonds. The van der Waals surface area contributed by atoms with Crippen LogP contribution in [-0.4, -0.2) is 35.3 Å². The summed E-state index contributed by atoms with van der Waals surface area (Å²) in [7, 11) is 0. The van der Waals surface area contributed by atoms with Crippen molar-refractivity contribution in [1.82, 2.24) is 15.5 Å². The first-order valence-electron chi connectivity index (χ1n) is 8.08. The van der Waals surface area contributed by atoms with E-state index in [2.05, 4.69) is 10.6 Å². The highest BCUT2D eigenvalue weighted by Gasteiger charge is 2.50. The smallest absolute Gasteiger partial charge is 0.325 e. The van der Waals surface area contributed by atoms with Gasteiger partial charge in [-0.2, -0.15) is 0 Å². The van der Waals surface area contributed by atoms with Crippen LogP contribution in [0.2, 0.25) is 0 Å². The van der Waals surface area contributed by atoms with Gasteiger partial charge in [0.2, 0.25) is 5.91 Å².